The van der Waals surface area contributed by atoms with E-state index >= 15 is 0 Å². The Labute approximate surface area is 47.6 Å². The predicted molar refractivity (Wildman–Crippen MR) is 29.8 cm³/mol. The lowest BCUT2D eigenvalue weighted by molar-refractivity contribution is 0.601. The van der Waals surface area contributed by atoms with Gasteiger partial charge in [0.1, 0.15) is 5.82 Å². The van der Waals surface area contributed by atoms with E-state index < -0.39 is 0 Å². The van der Waals surface area contributed by atoms with Crippen molar-refractivity contribution in [3.63, 3.8) is 0 Å². The lowest BCUT2D eigenvalue weighted by Crippen LogP contribution is -1.77. The molecule has 0 aliphatic heterocycles. The molecule has 1 aromatic heterocycles. The van der Waals surface area contributed by atoms with Gasteiger partial charge in [0.2, 0.25) is 0 Å². The van der Waals surface area contributed by atoms with Crippen molar-refractivity contribution in [2.75, 3.05) is 5.09 Å². The summed E-state index contributed by atoms with van der Waals surface area (Å²) in [6.07, 6.45) is 1.58. The third-order valence-electron chi connectivity index (χ3n) is 0.667. The van der Waals surface area contributed by atoms with Gasteiger partial charge in [0.15, 0.2) is 0 Å². The van der Waals surface area contributed by atoms with Crippen molar-refractivity contribution in [1.82, 2.24) is 10.2 Å². The highest BCUT2D eigenvalue weighted by Gasteiger charge is 1.85. The van der Waals surface area contributed by atoms with Gasteiger partial charge in [-0.05, 0) is 0 Å². The number of nitrogens with one attached hydrogen (secondary N) is 2. The summed E-state index contributed by atoms with van der Waals surface area (Å²) in [5.74, 6) is 0.654. The van der Waals surface area contributed by atoms with E-state index in [1.54, 1.807) is 12.3 Å². The van der Waals surface area contributed by atoms with Crippen molar-refractivity contribution in [2.24, 2.45) is 0 Å². The zero-order chi connectivity index (χ0) is 5.82. The van der Waals surface area contributed by atoms with Gasteiger partial charge in [-0.25, -0.2) is 4.57 Å². The van der Waals surface area contributed by atoms with Crippen molar-refractivity contribution in [3.05, 3.63) is 12.3 Å². The van der Waals surface area contributed by atoms with E-state index in [-0.39, 0.29) is 8.61 Å². The standard InChI is InChI=1S/C3H4N3OP/c7-8-6-3-1-2-4-5-3/h1-2H,(H2,4,5,6,7). The average molecular weight is 129 g/mol. The minimum Gasteiger partial charge on any atom is -0.290 e. The second kappa shape index (κ2) is 2.43. The molecule has 0 spiro atoms. The monoisotopic (exact) mass is 129 g/mol. The van der Waals surface area contributed by atoms with E-state index in [9.17, 15) is 4.57 Å². The Bertz CT molecular complexity index is 161. The van der Waals surface area contributed by atoms with Crippen molar-refractivity contribution >= 4 is 14.4 Å². The van der Waals surface area contributed by atoms with Crippen molar-refractivity contribution < 1.29 is 4.57 Å². The van der Waals surface area contributed by atoms with Crippen molar-refractivity contribution in [2.45, 2.75) is 0 Å². The molecular formula is C3H4N3OP. The second-order valence-corrected chi connectivity index (χ2v) is 1.58. The lowest BCUT2D eigenvalue weighted by atomic mass is 10.7. The summed E-state index contributed by atoms with van der Waals surface area (Å²) >= 11 is 0. The van der Waals surface area contributed by atoms with Crippen LogP contribution in [0.2, 0.25) is 0 Å². The van der Waals surface area contributed by atoms with Crippen LogP contribution in [0.1, 0.15) is 0 Å². The van der Waals surface area contributed by atoms with Gasteiger partial charge in [-0.15, -0.1) is 0 Å². The van der Waals surface area contributed by atoms with Gasteiger partial charge in [-0.3, -0.25) is 10.2 Å². The molecule has 0 atom stereocenters. The van der Waals surface area contributed by atoms with Crippen LogP contribution in [-0.2, 0) is 4.57 Å². The number of aromatic amines is 1. The molecule has 42 valence electrons. The Kier molecular flexibility index (Phi) is 1.59. The summed E-state index contributed by atoms with van der Waals surface area (Å²) in [6, 6.07) is 1.69. The fourth-order valence-electron chi connectivity index (χ4n) is 0.367. The maximum Gasteiger partial charge on any atom is 0.280 e. The Balaban J connectivity index is 2.62. The molecule has 0 radical (unpaired) electrons. The molecule has 0 saturated heterocycles. The number of aromatic nitrogens is 2. The largest absolute Gasteiger partial charge is 0.290 e. The first-order chi connectivity index (χ1) is 3.93. The number of anilines is 1. The minimum absolute atomic E-state index is 0.115. The minimum atomic E-state index is -0.115. The topological polar surface area (TPSA) is 57.8 Å². The van der Waals surface area contributed by atoms with E-state index in [0.29, 0.717) is 5.82 Å². The molecule has 1 heterocycles. The van der Waals surface area contributed by atoms with Crippen LogP contribution in [0.4, 0.5) is 5.82 Å². The smallest absolute Gasteiger partial charge is 0.280 e. The lowest BCUT2D eigenvalue weighted by Gasteiger charge is -1.83. The molecule has 0 unspecified atom stereocenters. The van der Waals surface area contributed by atoms with Crippen LogP contribution in [0.5, 0.6) is 0 Å². The SMILES string of the molecule is O=PNc1ccn[nH]1. The number of H-pyrrole nitrogens is 1. The Hall–Kier alpha value is -0.890. The molecule has 1 rings (SSSR count). The van der Waals surface area contributed by atoms with E-state index in [0.717, 1.165) is 0 Å². The van der Waals surface area contributed by atoms with Crippen LogP contribution in [-0.4, -0.2) is 10.2 Å². The molecule has 4 nitrogen and oxygen atoms in total. The maximum absolute atomic E-state index is 9.81. The van der Waals surface area contributed by atoms with Crippen LogP contribution >= 0.6 is 8.61 Å². The van der Waals surface area contributed by atoms with Crippen LogP contribution in [0.25, 0.3) is 0 Å². The zero-order valence-corrected chi connectivity index (χ0v) is 4.85. The zero-order valence-electron chi connectivity index (χ0n) is 3.96. The van der Waals surface area contributed by atoms with Gasteiger partial charge in [0, 0.05) is 6.07 Å². The van der Waals surface area contributed by atoms with Crippen LogP contribution in [0, 0.1) is 0 Å². The first-order valence-corrected chi connectivity index (χ1v) is 2.82. The van der Waals surface area contributed by atoms with Crippen LogP contribution < -0.4 is 5.09 Å². The Morgan fingerprint density at radius 2 is 2.75 bits per heavy atom. The van der Waals surface area contributed by atoms with Crippen molar-refractivity contribution in [1.29, 1.82) is 0 Å². The van der Waals surface area contributed by atoms with E-state index in [1.165, 1.54) is 0 Å². The molecule has 0 aromatic carbocycles. The number of rotatable bonds is 2. The first-order valence-electron chi connectivity index (χ1n) is 2.01. The molecule has 0 saturated carbocycles. The molecule has 0 bridgehead atoms. The highest BCUT2D eigenvalue weighted by atomic mass is 31.1. The Morgan fingerprint density at radius 1 is 1.88 bits per heavy atom. The molecule has 2 N–H and O–H groups in total. The maximum atomic E-state index is 9.81. The third-order valence-corrected chi connectivity index (χ3v) is 0.999. The van der Waals surface area contributed by atoms with Gasteiger partial charge in [0.25, 0.3) is 8.61 Å². The highest BCUT2D eigenvalue weighted by Crippen LogP contribution is 2.02. The molecule has 0 fully saturated rings. The van der Waals surface area contributed by atoms with E-state index in [1.807, 2.05) is 0 Å². The van der Waals surface area contributed by atoms with Gasteiger partial charge >= 0.3 is 0 Å². The number of nitrogens with zero attached hydrogens (tertiary/aromatic N) is 1. The quantitative estimate of drug-likeness (QED) is 0.586. The molecule has 0 amide bonds. The highest BCUT2D eigenvalue weighted by molar-refractivity contribution is 7.25. The molecule has 0 aliphatic rings. The normalized spacial score (nSPS) is 9.50. The summed E-state index contributed by atoms with van der Waals surface area (Å²) in [4.78, 5) is 0. The summed E-state index contributed by atoms with van der Waals surface area (Å²) in [7, 11) is -0.115. The van der Waals surface area contributed by atoms with Crippen molar-refractivity contribution in [3.8, 4) is 0 Å². The van der Waals surface area contributed by atoms with Crippen LogP contribution in [0.3, 0.4) is 0 Å². The van der Waals surface area contributed by atoms with Gasteiger partial charge in [0.05, 0.1) is 6.20 Å². The summed E-state index contributed by atoms with van der Waals surface area (Å²) in [5, 5.41) is 8.67. The first kappa shape index (κ1) is 5.25. The van der Waals surface area contributed by atoms with Gasteiger partial charge in [-0.1, -0.05) is 0 Å². The molecular weight excluding hydrogens is 125 g/mol. The van der Waals surface area contributed by atoms with Gasteiger partial charge in [-0.2, -0.15) is 5.10 Å². The summed E-state index contributed by atoms with van der Waals surface area (Å²) in [5.41, 5.74) is 0. The fraction of sp³-hybridized carbons (Fsp3) is 0. The van der Waals surface area contributed by atoms with Crippen LogP contribution in [0.15, 0.2) is 12.3 Å². The third kappa shape index (κ3) is 1.04. The molecule has 5 heteroatoms. The molecule has 0 aliphatic carbocycles. The van der Waals surface area contributed by atoms with E-state index in [2.05, 4.69) is 15.3 Å². The number of hydrogen-bond acceptors (Lipinski definition) is 2. The molecule has 1 aromatic rings. The second-order valence-electron chi connectivity index (χ2n) is 1.17. The predicted octanol–water partition coefficient (Wildman–Crippen LogP) is 1.03. The van der Waals surface area contributed by atoms with Gasteiger partial charge < -0.3 is 0 Å². The summed E-state index contributed by atoms with van der Waals surface area (Å²) in [6.45, 7) is 0. The fourth-order valence-corrected chi connectivity index (χ4v) is 0.590. The summed E-state index contributed by atoms with van der Waals surface area (Å²) < 4.78 is 9.81. The van der Waals surface area contributed by atoms with E-state index in [4.69, 9.17) is 0 Å². The number of hydrogen-bond donors (Lipinski definition) is 2. The molecule has 8 heavy (non-hydrogen) atoms. The average Bonchev–Trinajstić information content (AvgIpc) is 2.19. The Morgan fingerprint density at radius 3 is 3.25 bits per heavy atom.